The van der Waals surface area contributed by atoms with Crippen molar-refractivity contribution in [3.05, 3.63) is 24.0 Å². The Bertz CT molecular complexity index is 1280. The van der Waals surface area contributed by atoms with Crippen LogP contribution in [0.2, 0.25) is 0 Å². The number of carbonyl (C=O) groups is 1. The van der Waals surface area contributed by atoms with Crippen LogP contribution in [-0.4, -0.2) is 69.0 Å². The predicted octanol–water partition coefficient (Wildman–Crippen LogP) is 5.31. The van der Waals surface area contributed by atoms with Crippen molar-refractivity contribution < 1.29 is 27.1 Å². The number of benzene rings is 1. The van der Waals surface area contributed by atoms with Crippen LogP contribution in [0.5, 0.6) is 0 Å². The molecule has 4 rings (SSSR count). The second-order valence-electron chi connectivity index (χ2n) is 12.5. The van der Waals surface area contributed by atoms with Gasteiger partial charge in [0, 0.05) is 43.4 Å². The molecular weight excluding hydrogens is 502 g/mol. The number of fused-ring (bicyclic) bond motifs is 1. The first-order valence-corrected chi connectivity index (χ1v) is 14.3. The molecule has 0 unspecified atom stereocenters. The standard InChI is InChI=1S/C26H38F2N4O4S/c1-24(2,3)22-29-20-13-19(7-8-21(20)31(22)14-17-9-11-26(27,28)12-10-17)37(35,36)30-15-18(16-30)32(23(33)34)25(4,5)6/h7-8,13,17-18H,9-12,14-16H2,1-6H3,(H,33,34). The minimum absolute atomic E-state index is 0.0952. The molecule has 11 heteroatoms. The number of hydrogen-bond donors (Lipinski definition) is 1. The Morgan fingerprint density at radius 2 is 1.73 bits per heavy atom. The normalized spacial score (nSPS) is 20.2. The number of imidazole rings is 1. The van der Waals surface area contributed by atoms with Gasteiger partial charge < -0.3 is 9.67 Å². The van der Waals surface area contributed by atoms with Gasteiger partial charge in [-0.05, 0) is 57.7 Å². The molecular formula is C26H38F2N4O4S. The molecule has 1 amide bonds. The van der Waals surface area contributed by atoms with Crippen LogP contribution in [0, 0.1) is 5.92 Å². The molecule has 2 aromatic rings. The molecule has 1 N–H and O–H groups in total. The van der Waals surface area contributed by atoms with Crippen molar-refractivity contribution in [2.75, 3.05) is 13.1 Å². The molecule has 1 aromatic carbocycles. The van der Waals surface area contributed by atoms with Crippen LogP contribution < -0.4 is 0 Å². The van der Waals surface area contributed by atoms with E-state index in [1.165, 1.54) is 9.21 Å². The minimum atomic E-state index is -3.83. The monoisotopic (exact) mass is 540 g/mol. The van der Waals surface area contributed by atoms with Crippen LogP contribution in [0.15, 0.2) is 23.1 Å². The first kappa shape index (κ1) is 27.8. The van der Waals surface area contributed by atoms with Crippen molar-refractivity contribution in [3.63, 3.8) is 0 Å². The number of sulfonamides is 1. The molecule has 2 heterocycles. The zero-order valence-corrected chi connectivity index (χ0v) is 23.3. The number of halogens is 2. The van der Waals surface area contributed by atoms with Gasteiger partial charge in [-0.25, -0.2) is 27.0 Å². The Kier molecular flexibility index (Phi) is 6.89. The van der Waals surface area contributed by atoms with E-state index in [1.807, 2.05) is 20.8 Å². The molecule has 1 aliphatic heterocycles. The van der Waals surface area contributed by atoms with Gasteiger partial charge in [0.05, 0.1) is 22.0 Å². The van der Waals surface area contributed by atoms with E-state index in [9.17, 15) is 27.1 Å². The van der Waals surface area contributed by atoms with Crippen molar-refractivity contribution in [3.8, 4) is 0 Å². The fraction of sp³-hybridized carbons (Fsp3) is 0.692. The Hall–Kier alpha value is -2.27. The van der Waals surface area contributed by atoms with E-state index in [0.717, 1.165) is 11.3 Å². The average molecular weight is 541 g/mol. The van der Waals surface area contributed by atoms with Gasteiger partial charge in [-0.15, -0.1) is 0 Å². The molecule has 1 saturated heterocycles. The van der Waals surface area contributed by atoms with Gasteiger partial charge in [-0.2, -0.15) is 4.31 Å². The molecule has 2 fully saturated rings. The highest BCUT2D eigenvalue weighted by atomic mass is 32.2. The molecule has 8 nitrogen and oxygen atoms in total. The van der Waals surface area contributed by atoms with Crippen LogP contribution in [0.25, 0.3) is 11.0 Å². The zero-order valence-electron chi connectivity index (χ0n) is 22.5. The number of rotatable bonds is 5. The predicted molar refractivity (Wildman–Crippen MR) is 138 cm³/mol. The topological polar surface area (TPSA) is 95.7 Å². The fourth-order valence-corrected chi connectivity index (χ4v) is 7.02. The average Bonchev–Trinajstić information content (AvgIpc) is 3.08. The third-order valence-corrected chi connectivity index (χ3v) is 9.26. The highest BCUT2D eigenvalue weighted by Gasteiger charge is 2.45. The maximum absolute atomic E-state index is 13.7. The highest BCUT2D eigenvalue weighted by molar-refractivity contribution is 7.89. The lowest BCUT2D eigenvalue weighted by atomic mass is 9.86. The number of hydrogen-bond acceptors (Lipinski definition) is 4. The van der Waals surface area contributed by atoms with Gasteiger partial charge in [0.1, 0.15) is 5.82 Å². The lowest BCUT2D eigenvalue weighted by molar-refractivity contribution is -0.0473. The number of nitrogens with zero attached hydrogens (tertiary/aromatic N) is 4. The van der Waals surface area contributed by atoms with E-state index in [4.69, 9.17) is 4.98 Å². The molecule has 2 aliphatic rings. The van der Waals surface area contributed by atoms with Crippen LogP contribution in [0.3, 0.4) is 0 Å². The van der Waals surface area contributed by atoms with Gasteiger partial charge in [0.25, 0.3) is 0 Å². The maximum Gasteiger partial charge on any atom is 0.408 e. The molecule has 1 saturated carbocycles. The number of amides is 1. The van der Waals surface area contributed by atoms with Crippen molar-refractivity contribution in [2.45, 2.75) is 102 Å². The van der Waals surface area contributed by atoms with Gasteiger partial charge in [-0.3, -0.25) is 4.90 Å². The van der Waals surface area contributed by atoms with E-state index in [2.05, 4.69) is 4.57 Å². The van der Waals surface area contributed by atoms with Crippen LogP contribution in [0.1, 0.15) is 73.1 Å². The Balaban J connectivity index is 1.60. The molecule has 37 heavy (non-hydrogen) atoms. The summed E-state index contributed by atoms with van der Waals surface area (Å²) in [5, 5.41) is 9.62. The first-order valence-electron chi connectivity index (χ1n) is 12.8. The van der Waals surface area contributed by atoms with E-state index in [-0.39, 0.29) is 42.2 Å². The minimum Gasteiger partial charge on any atom is -0.465 e. The SMILES string of the molecule is CC(C)(C)c1nc2cc(S(=O)(=O)N3CC(N(C(=O)O)C(C)(C)C)C3)ccc2n1CC1CCC(F)(F)CC1. The highest BCUT2D eigenvalue weighted by Crippen LogP contribution is 2.38. The molecule has 0 radical (unpaired) electrons. The van der Waals surface area contributed by atoms with E-state index in [1.54, 1.807) is 39.0 Å². The lowest BCUT2D eigenvalue weighted by Gasteiger charge is -2.48. The largest absolute Gasteiger partial charge is 0.465 e. The third kappa shape index (κ3) is 5.48. The smallest absolute Gasteiger partial charge is 0.408 e. The lowest BCUT2D eigenvalue weighted by Crippen LogP contribution is -2.65. The van der Waals surface area contributed by atoms with Gasteiger partial charge >= 0.3 is 6.09 Å². The molecule has 0 atom stereocenters. The second kappa shape index (κ2) is 9.18. The summed E-state index contributed by atoms with van der Waals surface area (Å²) >= 11 is 0. The van der Waals surface area contributed by atoms with Gasteiger partial charge in [-0.1, -0.05) is 20.8 Å². The first-order chi connectivity index (χ1) is 16.9. The second-order valence-corrected chi connectivity index (χ2v) is 14.5. The van der Waals surface area contributed by atoms with Gasteiger partial charge in [0.15, 0.2) is 0 Å². The zero-order chi connectivity index (χ0) is 27.6. The van der Waals surface area contributed by atoms with Gasteiger partial charge in [0.2, 0.25) is 15.9 Å². The number of aromatic nitrogens is 2. The summed E-state index contributed by atoms with van der Waals surface area (Å²) in [4.78, 5) is 18.0. The summed E-state index contributed by atoms with van der Waals surface area (Å²) < 4.78 is 57.5. The number of carboxylic acid groups (broad SMARTS) is 1. The number of alkyl halides is 2. The van der Waals surface area contributed by atoms with E-state index < -0.39 is 33.6 Å². The quantitative estimate of drug-likeness (QED) is 0.555. The molecule has 0 spiro atoms. The summed E-state index contributed by atoms with van der Waals surface area (Å²) in [5.74, 6) is -1.69. The third-order valence-electron chi connectivity index (χ3n) is 7.43. The summed E-state index contributed by atoms with van der Waals surface area (Å²) in [6.07, 6.45) is -0.397. The molecule has 0 bridgehead atoms. The van der Waals surface area contributed by atoms with Crippen LogP contribution in [-0.2, 0) is 22.0 Å². The van der Waals surface area contributed by atoms with Crippen LogP contribution in [0.4, 0.5) is 13.6 Å². The summed E-state index contributed by atoms with van der Waals surface area (Å²) in [6.45, 7) is 12.2. The molecule has 1 aromatic heterocycles. The molecule has 1 aliphatic carbocycles. The van der Waals surface area contributed by atoms with Crippen molar-refractivity contribution >= 4 is 27.1 Å². The summed E-state index contributed by atoms with van der Waals surface area (Å²) in [6, 6.07) is 4.46. The summed E-state index contributed by atoms with van der Waals surface area (Å²) in [5.41, 5.74) is 0.364. The van der Waals surface area contributed by atoms with Crippen molar-refractivity contribution in [1.29, 1.82) is 0 Å². The Labute approximate surface area is 217 Å². The van der Waals surface area contributed by atoms with Crippen molar-refractivity contribution in [2.24, 2.45) is 5.92 Å². The Morgan fingerprint density at radius 3 is 2.24 bits per heavy atom. The van der Waals surface area contributed by atoms with Crippen molar-refractivity contribution in [1.82, 2.24) is 18.8 Å². The maximum atomic E-state index is 13.7. The van der Waals surface area contributed by atoms with E-state index in [0.29, 0.717) is 24.9 Å². The molecule has 206 valence electrons. The summed E-state index contributed by atoms with van der Waals surface area (Å²) in [7, 11) is -3.83. The fourth-order valence-electron chi connectivity index (χ4n) is 5.48. The van der Waals surface area contributed by atoms with E-state index >= 15 is 0 Å². The van der Waals surface area contributed by atoms with Crippen LogP contribution >= 0.6 is 0 Å². The Morgan fingerprint density at radius 1 is 1.14 bits per heavy atom.